The van der Waals surface area contributed by atoms with Crippen molar-refractivity contribution >= 4 is 11.9 Å². The summed E-state index contributed by atoms with van der Waals surface area (Å²) >= 11 is 0. The smallest absolute Gasteiger partial charge is 0.306 e. The first-order valence-corrected chi connectivity index (χ1v) is 6.79. The third kappa shape index (κ3) is 5.24. The van der Waals surface area contributed by atoms with Crippen molar-refractivity contribution in [3.05, 3.63) is 30.3 Å². The second-order valence-corrected chi connectivity index (χ2v) is 4.37. The lowest BCUT2D eigenvalue weighted by molar-refractivity contribution is -0.148. The summed E-state index contributed by atoms with van der Waals surface area (Å²) in [5.74, 6) is 1.89. The summed E-state index contributed by atoms with van der Waals surface area (Å²) in [5.41, 5.74) is 0.579. The van der Waals surface area contributed by atoms with Gasteiger partial charge in [-0.3, -0.25) is 14.6 Å². The van der Waals surface area contributed by atoms with Crippen LogP contribution < -0.4 is 5.32 Å². The van der Waals surface area contributed by atoms with Crippen LogP contribution in [0.5, 0.6) is 0 Å². The number of hydrogen-bond donors (Lipinski definition) is 1. The van der Waals surface area contributed by atoms with Gasteiger partial charge in [-0.15, -0.1) is 6.42 Å². The molecule has 1 amide bonds. The van der Waals surface area contributed by atoms with Gasteiger partial charge in [0.1, 0.15) is 5.69 Å². The zero-order valence-corrected chi connectivity index (χ0v) is 12.2. The summed E-state index contributed by atoms with van der Waals surface area (Å²) < 4.78 is 9.83. The van der Waals surface area contributed by atoms with Crippen molar-refractivity contribution in [2.75, 3.05) is 13.2 Å². The predicted molar refractivity (Wildman–Crippen MR) is 78.7 cm³/mol. The summed E-state index contributed by atoms with van der Waals surface area (Å²) in [5, 5.41) is 6.17. The number of aryl methyl sites for hydroxylation is 1. The van der Waals surface area contributed by atoms with Crippen molar-refractivity contribution < 1.29 is 18.8 Å². The average molecular weight is 314 g/mol. The fourth-order valence-electron chi connectivity index (χ4n) is 1.58. The summed E-state index contributed by atoms with van der Waals surface area (Å²) in [4.78, 5) is 31.0. The molecule has 0 aliphatic carbocycles. The zero-order valence-electron chi connectivity index (χ0n) is 12.2. The number of ether oxygens (including phenoxy) is 1. The standard InChI is InChI=1S/C15H14N4O4/c1-2-8-17-12(20)10-22-14(21)7-6-13-18-15(19-23-13)11-5-3-4-9-16-11/h1,3-5,9H,6-8,10H2,(H,17,20). The van der Waals surface area contributed by atoms with Crippen molar-refractivity contribution in [1.82, 2.24) is 20.4 Å². The first-order chi connectivity index (χ1) is 11.2. The predicted octanol–water partition coefficient (Wildman–Crippen LogP) is 0.357. The third-order valence-electron chi connectivity index (χ3n) is 2.66. The molecule has 0 spiro atoms. The van der Waals surface area contributed by atoms with Crippen LogP contribution in [0.2, 0.25) is 0 Å². The molecule has 8 nitrogen and oxygen atoms in total. The van der Waals surface area contributed by atoms with Crippen LogP contribution in [0.4, 0.5) is 0 Å². The van der Waals surface area contributed by atoms with Crippen LogP contribution in [0.15, 0.2) is 28.9 Å². The van der Waals surface area contributed by atoms with Crippen LogP contribution in [0.1, 0.15) is 12.3 Å². The topological polar surface area (TPSA) is 107 Å². The van der Waals surface area contributed by atoms with Crippen molar-refractivity contribution in [1.29, 1.82) is 0 Å². The molecule has 1 N–H and O–H groups in total. The second kappa shape index (κ2) is 8.29. The van der Waals surface area contributed by atoms with E-state index in [0.29, 0.717) is 17.4 Å². The molecule has 0 atom stereocenters. The van der Waals surface area contributed by atoms with E-state index in [-0.39, 0.29) is 26.0 Å². The third-order valence-corrected chi connectivity index (χ3v) is 2.66. The van der Waals surface area contributed by atoms with E-state index in [2.05, 4.69) is 26.4 Å². The molecule has 2 aromatic heterocycles. The van der Waals surface area contributed by atoms with E-state index in [1.54, 1.807) is 24.4 Å². The van der Waals surface area contributed by atoms with Gasteiger partial charge in [0.15, 0.2) is 6.61 Å². The Morgan fingerprint density at radius 3 is 3.00 bits per heavy atom. The molecule has 8 heteroatoms. The Morgan fingerprint density at radius 1 is 1.39 bits per heavy atom. The van der Waals surface area contributed by atoms with Gasteiger partial charge in [-0.05, 0) is 12.1 Å². The lowest BCUT2D eigenvalue weighted by atomic mass is 10.3. The first kappa shape index (κ1) is 16.2. The van der Waals surface area contributed by atoms with Crippen LogP contribution in [-0.2, 0) is 20.7 Å². The van der Waals surface area contributed by atoms with Crippen molar-refractivity contribution in [3.63, 3.8) is 0 Å². The molecule has 0 radical (unpaired) electrons. The number of rotatable bonds is 7. The molecule has 0 saturated carbocycles. The van der Waals surface area contributed by atoms with Crippen LogP contribution in [-0.4, -0.2) is 40.2 Å². The van der Waals surface area contributed by atoms with Gasteiger partial charge in [0.25, 0.3) is 5.91 Å². The molecule has 118 valence electrons. The summed E-state index contributed by atoms with van der Waals surface area (Å²) in [6.07, 6.45) is 6.84. The van der Waals surface area contributed by atoms with E-state index >= 15 is 0 Å². The van der Waals surface area contributed by atoms with Crippen molar-refractivity contribution in [3.8, 4) is 23.9 Å². The van der Waals surface area contributed by atoms with Crippen LogP contribution >= 0.6 is 0 Å². The number of terminal acetylenes is 1. The van der Waals surface area contributed by atoms with E-state index < -0.39 is 11.9 Å². The Morgan fingerprint density at radius 2 is 2.26 bits per heavy atom. The lowest BCUT2D eigenvalue weighted by Gasteiger charge is -2.03. The minimum absolute atomic E-state index is 0.0201. The minimum Gasteiger partial charge on any atom is -0.456 e. The van der Waals surface area contributed by atoms with Gasteiger partial charge < -0.3 is 14.6 Å². The Kier molecular flexibility index (Phi) is 5.82. The first-order valence-electron chi connectivity index (χ1n) is 6.79. The van der Waals surface area contributed by atoms with E-state index in [1.165, 1.54) is 0 Å². The molecule has 2 heterocycles. The van der Waals surface area contributed by atoms with Gasteiger partial charge in [0, 0.05) is 12.6 Å². The highest BCUT2D eigenvalue weighted by Gasteiger charge is 2.12. The lowest BCUT2D eigenvalue weighted by Crippen LogP contribution is -2.29. The SMILES string of the molecule is C#CCNC(=O)COC(=O)CCc1nc(-c2ccccn2)no1. The monoisotopic (exact) mass is 314 g/mol. The number of aromatic nitrogens is 3. The van der Waals surface area contributed by atoms with E-state index in [9.17, 15) is 9.59 Å². The van der Waals surface area contributed by atoms with E-state index in [4.69, 9.17) is 15.7 Å². The molecule has 2 aromatic rings. The number of esters is 1. The maximum absolute atomic E-state index is 11.5. The van der Waals surface area contributed by atoms with E-state index in [1.807, 2.05) is 0 Å². The average Bonchev–Trinajstić information content (AvgIpc) is 3.06. The number of nitrogens with zero attached hydrogens (tertiary/aromatic N) is 3. The summed E-state index contributed by atoms with van der Waals surface area (Å²) in [6, 6.07) is 5.33. The molecular formula is C15H14N4O4. The zero-order chi connectivity index (χ0) is 16.5. The van der Waals surface area contributed by atoms with Gasteiger partial charge in [0.2, 0.25) is 11.7 Å². The van der Waals surface area contributed by atoms with Crippen molar-refractivity contribution in [2.45, 2.75) is 12.8 Å². The maximum atomic E-state index is 11.5. The van der Waals surface area contributed by atoms with Gasteiger partial charge in [-0.1, -0.05) is 17.1 Å². The highest BCUT2D eigenvalue weighted by Crippen LogP contribution is 2.12. The molecule has 0 aliphatic rings. The van der Waals surface area contributed by atoms with Crippen molar-refractivity contribution in [2.24, 2.45) is 0 Å². The number of nitrogens with one attached hydrogen (secondary N) is 1. The highest BCUT2D eigenvalue weighted by molar-refractivity contribution is 5.80. The van der Waals surface area contributed by atoms with Gasteiger partial charge in [-0.25, -0.2) is 0 Å². The molecule has 2 rings (SSSR count). The fourth-order valence-corrected chi connectivity index (χ4v) is 1.58. The Balaban J connectivity index is 1.76. The number of hydrogen-bond acceptors (Lipinski definition) is 7. The maximum Gasteiger partial charge on any atom is 0.306 e. The molecule has 0 bridgehead atoms. The molecule has 0 aromatic carbocycles. The Hall–Kier alpha value is -3.21. The molecule has 0 fully saturated rings. The molecular weight excluding hydrogens is 300 g/mol. The molecule has 23 heavy (non-hydrogen) atoms. The molecule has 0 aliphatic heterocycles. The van der Waals surface area contributed by atoms with Gasteiger partial charge in [0.05, 0.1) is 13.0 Å². The fraction of sp³-hybridized carbons (Fsp3) is 0.267. The van der Waals surface area contributed by atoms with Gasteiger partial charge >= 0.3 is 5.97 Å². The van der Waals surface area contributed by atoms with Crippen LogP contribution in [0, 0.1) is 12.3 Å². The van der Waals surface area contributed by atoms with E-state index in [0.717, 1.165) is 0 Å². The number of amides is 1. The largest absolute Gasteiger partial charge is 0.456 e. The highest BCUT2D eigenvalue weighted by atomic mass is 16.5. The normalized spacial score (nSPS) is 9.87. The summed E-state index contributed by atoms with van der Waals surface area (Å²) in [6.45, 7) is -0.280. The minimum atomic E-state index is -0.543. The summed E-state index contributed by atoms with van der Waals surface area (Å²) in [7, 11) is 0. The molecule has 0 saturated heterocycles. The quantitative estimate of drug-likeness (QED) is 0.580. The van der Waals surface area contributed by atoms with Gasteiger partial charge in [-0.2, -0.15) is 4.98 Å². The Labute approximate surface area is 132 Å². The molecule has 0 unspecified atom stereocenters. The Bertz CT molecular complexity index is 706. The number of pyridine rings is 1. The number of carbonyl (C=O) groups excluding carboxylic acids is 2. The van der Waals surface area contributed by atoms with Crippen LogP contribution in [0.3, 0.4) is 0 Å². The van der Waals surface area contributed by atoms with Crippen LogP contribution in [0.25, 0.3) is 11.5 Å². The number of carbonyl (C=O) groups is 2. The second-order valence-electron chi connectivity index (χ2n) is 4.37.